The van der Waals surface area contributed by atoms with Crippen molar-refractivity contribution in [3.63, 3.8) is 0 Å². The molecule has 0 rings (SSSR count). The molecule has 9 nitrogen and oxygen atoms in total. The maximum absolute atomic E-state index is 9.78. The summed E-state index contributed by atoms with van der Waals surface area (Å²) >= 11 is 0. The lowest BCUT2D eigenvalue weighted by molar-refractivity contribution is -0.154. The number of amidine groups is 2. The van der Waals surface area contributed by atoms with Gasteiger partial charge in [-0.25, -0.2) is 4.79 Å². The van der Waals surface area contributed by atoms with E-state index >= 15 is 0 Å². The van der Waals surface area contributed by atoms with Crippen molar-refractivity contribution < 1.29 is 25.2 Å². The lowest BCUT2D eigenvalue weighted by atomic mass is 10.2. The zero-order valence-corrected chi connectivity index (χ0v) is 10.3. The number of nitrogens with one attached hydrogen (secondary N) is 2. The van der Waals surface area contributed by atoms with Gasteiger partial charge in [-0.15, -0.1) is 0 Å². The normalized spacial score (nSPS) is 12.7. The number of rotatable bonds is 5. The van der Waals surface area contributed by atoms with Crippen molar-refractivity contribution in [3.05, 3.63) is 0 Å². The summed E-state index contributed by atoms with van der Waals surface area (Å²) in [4.78, 5) is 11.4. The van der Waals surface area contributed by atoms with Crippen molar-refractivity contribution in [1.82, 2.24) is 4.90 Å². The molecule has 9 heteroatoms. The quantitative estimate of drug-likeness (QED) is 0.214. The second-order valence-electron chi connectivity index (χ2n) is 3.58. The minimum atomic E-state index is -1.89. The summed E-state index contributed by atoms with van der Waals surface area (Å²) in [7, 11) is 3.51. The third-order valence-electron chi connectivity index (χ3n) is 1.70. The molecule has 2 atom stereocenters. The molecule has 0 fully saturated rings. The van der Waals surface area contributed by atoms with E-state index in [1.54, 1.807) is 19.0 Å². The molecule has 0 saturated heterocycles. The summed E-state index contributed by atoms with van der Waals surface area (Å²) in [5.74, 6) is -1.15. The first-order valence-corrected chi connectivity index (χ1v) is 4.90. The molecular weight excluding hydrogens is 244 g/mol. The zero-order valence-electron chi connectivity index (χ0n) is 10.3. The zero-order chi connectivity index (χ0) is 14.9. The second kappa shape index (κ2) is 9.33. The minimum Gasteiger partial charge on any atom is -0.479 e. The van der Waals surface area contributed by atoms with Gasteiger partial charge in [0.25, 0.3) is 0 Å². The predicted octanol–water partition coefficient (Wildman–Crippen LogP) is -2.36. The van der Waals surface area contributed by atoms with E-state index < -0.39 is 24.8 Å². The van der Waals surface area contributed by atoms with Gasteiger partial charge in [-0.3, -0.25) is 10.8 Å². The van der Waals surface area contributed by atoms with Gasteiger partial charge in [-0.2, -0.15) is 0 Å². The molecule has 0 aromatic heterocycles. The Bertz CT molecular complexity index is 295. The monoisotopic (exact) mass is 264 g/mol. The van der Waals surface area contributed by atoms with Crippen molar-refractivity contribution in [3.8, 4) is 0 Å². The number of carbonyl (C=O) groups is 1. The first-order valence-electron chi connectivity index (χ1n) is 4.90. The van der Waals surface area contributed by atoms with E-state index in [-0.39, 0.29) is 12.3 Å². The molecule has 106 valence electrons. The van der Waals surface area contributed by atoms with Crippen molar-refractivity contribution >= 4 is 17.6 Å². The first-order chi connectivity index (χ1) is 8.13. The average molecular weight is 264 g/mol. The van der Waals surface area contributed by atoms with Gasteiger partial charge in [0.2, 0.25) is 0 Å². The van der Waals surface area contributed by atoms with Crippen molar-refractivity contribution in [2.24, 2.45) is 5.73 Å². The molecule has 0 spiro atoms. The number of carboxylic acids is 1. The Balaban J connectivity index is 0. The van der Waals surface area contributed by atoms with Crippen molar-refractivity contribution in [2.45, 2.75) is 18.6 Å². The highest BCUT2D eigenvalue weighted by molar-refractivity contribution is 5.98. The molecule has 0 heterocycles. The molecule has 8 N–H and O–H groups in total. The molecule has 18 heavy (non-hydrogen) atoms. The Morgan fingerprint density at radius 2 is 1.78 bits per heavy atom. The first kappa shape index (κ1) is 18.6. The van der Waals surface area contributed by atoms with E-state index in [1.807, 2.05) is 0 Å². The van der Waals surface area contributed by atoms with Crippen LogP contribution in [0.2, 0.25) is 0 Å². The Kier molecular flexibility index (Phi) is 9.67. The number of aliphatic hydroxyl groups is 3. The van der Waals surface area contributed by atoms with E-state index in [4.69, 9.17) is 37.0 Å². The van der Waals surface area contributed by atoms with E-state index in [9.17, 15) is 4.79 Å². The molecule has 0 unspecified atom stereocenters. The summed E-state index contributed by atoms with van der Waals surface area (Å²) in [6.07, 6.45) is -3.25. The molecule has 0 radical (unpaired) electrons. The van der Waals surface area contributed by atoms with Crippen LogP contribution in [0.5, 0.6) is 0 Å². The Hall–Kier alpha value is -1.71. The molecule has 0 aliphatic heterocycles. The highest BCUT2D eigenvalue weighted by atomic mass is 16.4. The second-order valence-corrected chi connectivity index (χ2v) is 3.58. The van der Waals surface area contributed by atoms with Gasteiger partial charge in [-0.05, 0) is 0 Å². The van der Waals surface area contributed by atoms with Crippen LogP contribution in [0, 0.1) is 10.8 Å². The maximum Gasteiger partial charge on any atom is 0.335 e. The van der Waals surface area contributed by atoms with Gasteiger partial charge in [-0.1, -0.05) is 0 Å². The Labute approximate surface area is 104 Å². The molecule has 0 aromatic carbocycles. The fourth-order valence-electron chi connectivity index (χ4n) is 0.603. The minimum absolute atomic E-state index is 0.0358. The number of hydrogen-bond acceptors (Lipinski definition) is 6. The van der Waals surface area contributed by atoms with Crippen LogP contribution in [0.3, 0.4) is 0 Å². The standard InChI is InChI=1S/C5H12N4.C4H8O5/c1-9(2)5(8)3-4(6)7;5-1-2(6)3(7)4(8)9/h8H,3H2,1-2H3,(H3,6,7);2-3,5-7H,1H2,(H,8,9)/t;2-,3+/m.0/s1. The van der Waals surface area contributed by atoms with E-state index in [1.165, 1.54) is 0 Å². The summed E-state index contributed by atoms with van der Waals surface area (Å²) < 4.78 is 0. The highest BCUT2D eigenvalue weighted by Crippen LogP contribution is 1.90. The summed E-state index contributed by atoms with van der Waals surface area (Å²) in [5, 5.41) is 46.9. The number of nitrogens with two attached hydrogens (primary N) is 1. The lowest BCUT2D eigenvalue weighted by Crippen LogP contribution is -2.36. The van der Waals surface area contributed by atoms with Crippen LogP contribution in [0.4, 0.5) is 0 Å². The molecule has 0 aromatic rings. The molecular formula is C9H20N4O5. The third kappa shape index (κ3) is 9.51. The number of carboxylic acid groups (broad SMARTS) is 1. The number of nitrogens with zero attached hydrogens (tertiary/aromatic N) is 1. The summed E-state index contributed by atoms with van der Waals surface area (Å²) in [6.45, 7) is -0.756. The van der Waals surface area contributed by atoms with Gasteiger partial charge in [0, 0.05) is 14.1 Å². The van der Waals surface area contributed by atoms with Crippen LogP contribution in [0.1, 0.15) is 6.42 Å². The Morgan fingerprint density at radius 1 is 1.33 bits per heavy atom. The largest absolute Gasteiger partial charge is 0.479 e. The van der Waals surface area contributed by atoms with Gasteiger partial charge in [0.1, 0.15) is 11.9 Å². The smallest absolute Gasteiger partial charge is 0.335 e. The topological polar surface area (TPSA) is 175 Å². The SMILES string of the molecule is CN(C)C(=N)CC(=N)N.O=C(O)[C@H](O)[C@@H](O)CO. The molecule has 0 amide bonds. The van der Waals surface area contributed by atoms with Crippen LogP contribution in [0.15, 0.2) is 0 Å². The third-order valence-corrected chi connectivity index (χ3v) is 1.70. The number of aliphatic hydroxyl groups excluding tert-OH is 3. The maximum atomic E-state index is 9.78. The van der Waals surface area contributed by atoms with Crippen molar-refractivity contribution in [1.29, 1.82) is 10.8 Å². The molecule has 0 aliphatic carbocycles. The van der Waals surface area contributed by atoms with E-state index in [0.717, 1.165) is 0 Å². The van der Waals surface area contributed by atoms with Crippen molar-refractivity contribution in [2.75, 3.05) is 20.7 Å². The van der Waals surface area contributed by atoms with Crippen LogP contribution >= 0.6 is 0 Å². The molecule has 0 aliphatic rings. The highest BCUT2D eigenvalue weighted by Gasteiger charge is 2.21. The summed E-state index contributed by atoms with van der Waals surface area (Å²) in [5.41, 5.74) is 5.05. The van der Waals surface area contributed by atoms with Crippen LogP contribution in [-0.2, 0) is 4.79 Å². The number of aliphatic carboxylic acids is 1. The van der Waals surface area contributed by atoms with Crippen LogP contribution < -0.4 is 5.73 Å². The molecule has 0 saturated carbocycles. The van der Waals surface area contributed by atoms with Crippen LogP contribution in [0.25, 0.3) is 0 Å². The Morgan fingerprint density at radius 3 is 1.89 bits per heavy atom. The predicted molar refractivity (Wildman–Crippen MR) is 64.7 cm³/mol. The average Bonchev–Trinajstić information content (AvgIpc) is 2.26. The summed E-state index contributed by atoms with van der Waals surface area (Å²) in [6, 6.07) is 0. The van der Waals surface area contributed by atoms with Crippen LogP contribution in [-0.4, -0.2) is 75.9 Å². The van der Waals surface area contributed by atoms with E-state index in [2.05, 4.69) is 0 Å². The van der Waals surface area contributed by atoms with Gasteiger partial charge in [0.05, 0.1) is 18.9 Å². The fraction of sp³-hybridized carbons (Fsp3) is 0.667. The van der Waals surface area contributed by atoms with Gasteiger partial charge < -0.3 is 31.1 Å². The van der Waals surface area contributed by atoms with E-state index in [0.29, 0.717) is 5.84 Å². The molecule has 0 bridgehead atoms. The fourth-order valence-corrected chi connectivity index (χ4v) is 0.603. The van der Waals surface area contributed by atoms with Gasteiger partial charge in [0.15, 0.2) is 6.10 Å². The number of hydrogen-bond donors (Lipinski definition) is 7. The van der Waals surface area contributed by atoms with Gasteiger partial charge >= 0.3 is 5.97 Å². The lowest BCUT2D eigenvalue weighted by Gasteiger charge is -2.11.